The van der Waals surface area contributed by atoms with E-state index in [4.69, 9.17) is 0 Å². The lowest BCUT2D eigenvalue weighted by Gasteiger charge is -2.18. The van der Waals surface area contributed by atoms with Gasteiger partial charge in [-0.3, -0.25) is 0 Å². The smallest absolute Gasteiger partial charge is 0.240 e. The Morgan fingerprint density at radius 1 is 1.24 bits per heavy atom. The molecule has 0 radical (unpaired) electrons. The normalized spacial score (nSPS) is 17.2. The number of hydrogen-bond acceptors (Lipinski definition) is 3. The zero-order chi connectivity index (χ0) is 15.6. The van der Waals surface area contributed by atoms with Crippen molar-refractivity contribution in [3.05, 3.63) is 29.3 Å². The minimum absolute atomic E-state index is 0.0793. The molecule has 0 spiro atoms. The molecule has 1 fully saturated rings. The molecule has 1 saturated carbocycles. The Hall–Kier alpha value is -0.910. The predicted octanol–water partition coefficient (Wildman–Crippen LogP) is 2.57. The molecule has 0 bridgehead atoms. The van der Waals surface area contributed by atoms with E-state index >= 15 is 0 Å². The van der Waals surface area contributed by atoms with Gasteiger partial charge in [-0.15, -0.1) is 0 Å². The molecule has 0 amide bonds. The summed E-state index contributed by atoms with van der Waals surface area (Å²) in [7, 11) is -3.44. The number of rotatable bonds is 7. The van der Waals surface area contributed by atoms with Gasteiger partial charge in [0.1, 0.15) is 0 Å². The number of hydrogen-bond donors (Lipinski definition) is 2. The summed E-state index contributed by atoms with van der Waals surface area (Å²) in [6, 6.07) is 5.90. The van der Waals surface area contributed by atoms with Gasteiger partial charge in [0.15, 0.2) is 0 Å². The Kier molecular flexibility index (Phi) is 5.07. The minimum atomic E-state index is -3.44. The van der Waals surface area contributed by atoms with Crippen molar-refractivity contribution in [3.8, 4) is 0 Å². The van der Waals surface area contributed by atoms with Gasteiger partial charge in [0.25, 0.3) is 0 Å². The topological polar surface area (TPSA) is 58.2 Å². The second kappa shape index (κ2) is 6.46. The third-order valence-electron chi connectivity index (χ3n) is 4.13. The summed E-state index contributed by atoms with van der Waals surface area (Å²) < 4.78 is 27.6. The van der Waals surface area contributed by atoms with Crippen LogP contribution in [0.5, 0.6) is 0 Å². The molecule has 2 rings (SSSR count). The SMILES string of the molecule is Cc1ccc(S(=O)(=O)NC(C)C(C)C)cc1CNC1CC1. The summed E-state index contributed by atoms with van der Waals surface area (Å²) in [6.07, 6.45) is 2.45. The lowest BCUT2D eigenvalue weighted by atomic mass is 10.1. The van der Waals surface area contributed by atoms with Crippen molar-refractivity contribution in [1.82, 2.24) is 10.0 Å². The van der Waals surface area contributed by atoms with E-state index in [0.717, 1.165) is 17.7 Å². The van der Waals surface area contributed by atoms with Crippen LogP contribution >= 0.6 is 0 Å². The van der Waals surface area contributed by atoms with E-state index in [1.807, 2.05) is 33.8 Å². The molecule has 1 atom stereocenters. The molecule has 118 valence electrons. The number of aryl methyl sites for hydroxylation is 1. The van der Waals surface area contributed by atoms with Crippen LogP contribution in [0.3, 0.4) is 0 Å². The van der Waals surface area contributed by atoms with Crippen LogP contribution in [0.15, 0.2) is 23.1 Å². The average molecular weight is 310 g/mol. The van der Waals surface area contributed by atoms with Crippen molar-refractivity contribution in [1.29, 1.82) is 0 Å². The van der Waals surface area contributed by atoms with Gasteiger partial charge in [-0.25, -0.2) is 13.1 Å². The van der Waals surface area contributed by atoms with Crippen LogP contribution in [0.25, 0.3) is 0 Å². The van der Waals surface area contributed by atoms with E-state index in [-0.39, 0.29) is 12.0 Å². The van der Waals surface area contributed by atoms with Crippen LogP contribution in [0, 0.1) is 12.8 Å². The summed E-state index contributed by atoms with van der Waals surface area (Å²) in [5.41, 5.74) is 2.18. The number of benzene rings is 1. The van der Waals surface area contributed by atoms with Crippen LogP contribution in [-0.2, 0) is 16.6 Å². The van der Waals surface area contributed by atoms with Gasteiger partial charge in [-0.1, -0.05) is 19.9 Å². The van der Waals surface area contributed by atoms with E-state index in [1.54, 1.807) is 12.1 Å². The van der Waals surface area contributed by atoms with Crippen LogP contribution in [0.1, 0.15) is 44.7 Å². The standard InChI is InChI=1S/C16H26N2O2S/c1-11(2)13(4)18-21(19,20)16-8-5-12(3)14(9-16)10-17-15-6-7-15/h5,8-9,11,13,15,17-18H,6-7,10H2,1-4H3. The number of nitrogens with one attached hydrogen (secondary N) is 2. The van der Waals surface area contributed by atoms with E-state index in [9.17, 15) is 8.42 Å². The van der Waals surface area contributed by atoms with Gasteiger partial charge in [-0.2, -0.15) is 0 Å². The molecule has 2 N–H and O–H groups in total. The highest BCUT2D eigenvalue weighted by molar-refractivity contribution is 7.89. The molecule has 1 aromatic rings. The molecule has 0 saturated heterocycles. The van der Waals surface area contributed by atoms with Crippen molar-refractivity contribution in [2.75, 3.05) is 0 Å². The zero-order valence-corrected chi connectivity index (χ0v) is 14.1. The van der Waals surface area contributed by atoms with E-state index in [0.29, 0.717) is 10.9 Å². The molecule has 0 aromatic heterocycles. The van der Waals surface area contributed by atoms with E-state index < -0.39 is 10.0 Å². The molecule has 21 heavy (non-hydrogen) atoms. The fourth-order valence-electron chi connectivity index (χ4n) is 2.00. The van der Waals surface area contributed by atoms with Crippen molar-refractivity contribution in [2.45, 2.75) is 64.1 Å². The van der Waals surface area contributed by atoms with Gasteiger partial charge in [0.05, 0.1) is 4.90 Å². The van der Waals surface area contributed by atoms with Crippen LogP contribution in [-0.4, -0.2) is 20.5 Å². The maximum atomic E-state index is 12.4. The second-order valence-corrected chi connectivity index (χ2v) is 8.11. The Labute approximate surface area is 128 Å². The van der Waals surface area contributed by atoms with Crippen molar-refractivity contribution < 1.29 is 8.42 Å². The summed E-state index contributed by atoms with van der Waals surface area (Å²) >= 11 is 0. The fourth-order valence-corrected chi connectivity index (χ4v) is 3.44. The van der Waals surface area contributed by atoms with Gasteiger partial charge in [0, 0.05) is 18.6 Å². The first kappa shape index (κ1) is 16.5. The molecule has 1 aliphatic carbocycles. The monoisotopic (exact) mass is 310 g/mol. The maximum Gasteiger partial charge on any atom is 0.240 e. The molecular formula is C16H26N2O2S. The maximum absolute atomic E-state index is 12.4. The molecule has 0 heterocycles. The summed E-state index contributed by atoms with van der Waals surface area (Å²) in [6.45, 7) is 8.66. The highest BCUT2D eigenvalue weighted by Gasteiger charge is 2.22. The van der Waals surface area contributed by atoms with E-state index in [2.05, 4.69) is 10.0 Å². The highest BCUT2D eigenvalue weighted by atomic mass is 32.2. The number of sulfonamides is 1. The predicted molar refractivity (Wildman–Crippen MR) is 85.7 cm³/mol. The van der Waals surface area contributed by atoms with Gasteiger partial charge < -0.3 is 5.32 Å². The van der Waals surface area contributed by atoms with Crippen LogP contribution in [0.4, 0.5) is 0 Å². The lowest BCUT2D eigenvalue weighted by molar-refractivity contribution is 0.476. The molecule has 1 aliphatic rings. The highest BCUT2D eigenvalue weighted by Crippen LogP contribution is 2.21. The fraction of sp³-hybridized carbons (Fsp3) is 0.625. The minimum Gasteiger partial charge on any atom is -0.310 e. The Balaban J connectivity index is 2.15. The third kappa shape index (κ3) is 4.53. The summed E-state index contributed by atoms with van der Waals surface area (Å²) in [4.78, 5) is 0.355. The molecule has 4 nitrogen and oxygen atoms in total. The van der Waals surface area contributed by atoms with Crippen molar-refractivity contribution in [3.63, 3.8) is 0 Å². The molecule has 5 heteroatoms. The molecular weight excluding hydrogens is 284 g/mol. The molecule has 1 aromatic carbocycles. The second-order valence-electron chi connectivity index (χ2n) is 6.40. The third-order valence-corrected chi connectivity index (χ3v) is 5.69. The quantitative estimate of drug-likeness (QED) is 0.814. The van der Waals surface area contributed by atoms with Gasteiger partial charge in [-0.05, 0) is 55.9 Å². The molecule has 1 unspecified atom stereocenters. The first-order chi connectivity index (χ1) is 9.79. The van der Waals surface area contributed by atoms with Crippen molar-refractivity contribution >= 4 is 10.0 Å². The Morgan fingerprint density at radius 3 is 2.48 bits per heavy atom. The van der Waals surface area contributed by atoms with Crippen LogP contribution < -0.4 is 10.0 Å². The van der Waals surface area contributed by atoms with Crippen molar-refractivity contribution in [2.24, 2.45) is 5.92 Å². The average Bonchev–Trinajstić information content (AvgIpc) is 3.21. The summed E-state index contributed by atoms with van der Waals surface area (Å²) in [5, 5.41) is 3.44. The largest absolute Gasteiger partial charge is 0.310 e. The Morgan fingerprint density at radius 2 is 1.90 bits per heavy atom. The van der Waals surface area contributed by atoms with Crippen LogP contribution in [0.2, 0.25) is 0 Å². The summed E-state index contributed by atoms with van der Waals surface area (Å²) in [5.74, 6) is 0.265. The van der Waals surface area contributed by atoms with Gasteiger partial charge in [0.2, 0.25) is 10.0 Å². The zero-order valence-electron chi connectivity index (χ0n) is 13.3. The lowest BCUT2D eigenvalue weighted by Crippen LogP contribution is -2.36. The Bertz CT molecular complexity index is 592. The van der Waals surface area contributed by atoms with E-state index in [1.165, 1.54) is 12.8 Å². The first-order valence-corrected chi connectivity index (χ1v) is 9.13. The first-order valence-electron chi connectivity index (χ1n) is 7.65. The van der Waals surface area contributed by atoms with Gasteiger partial charge >= 0.3 is 0 Å². The molecule has 0 aliphatic heterocycles.